The number of carbonyl (C=O) groups is 1. The first-order valence-corrected chi connectivity index (χ1v) is 11.8. The number of hydrogen-bond acceptors (Lipinski definition) is 4. The second kappa shape index (κ2) is 8.35. The van der Waals surface area contributed by atoms with Crippen LogP contribution in [0.3, 0.4) is 0 Å². The quantitative estimate of drug-likeness (QED) is 0.732. The maximum atomic E-state index is 13.0. The van der Waals surface area contributed by atoms with E-state index in [9.17, 15) is 13.2 Å². The van der Waals surface area contributed by atoms with Gasteiger partial charge in [-0.1, -0.05) is 24.3 Å². The lowest BCUT2D eigenvalue weighted by molar-refractivity contribution is -0.131. The fourth-order valence-electron chi connectivity index (χ4n) is 4.11. The Labute approximate surface area is 167 Å². The van der Waals surface area contributed by atoms with E-state index in [1.807, 2.05) is 11.0 Å². The van der Waals surface area contributed by atoms with Gasteiger partial charge in [0.1, 0.15) is 0 Å². The summed E-state index contributed by atoms with van der Waals surface area (Å²) in [5.74, 6) is 0.176. The summed E-state index contributed by atoms with van der Waals surface area (Å²) < 4.78 is 27.0. The van der Waals surface area contributed by atoms with E-state index >= 15 is 0 Å². The number of benzene rings is 1. The summed E-state index contributed by atoms with van der Waals surface area (Å²) in [6, 6.07) is 8.96. The molecule has 152 valence electrons. The second-order valence-electron chi connectivity index (χ2n) is 7.93. The summed E-state index contributed by atoms with van der Waals surface area (Å²) in [4.78, 5) is 17.5. The number of allylic oxidation sites excluding steroid dienone is 2. The zero-order valence-corrected chi connectivity index (χ0v) is 17.1. The molecule has 0 aromatic heterocycles. The lowest BCUT2D eigenvalue weighted by Crippen LogP contribution is -2.51. The van der Waals surface area contributed by atoms with Crippen LogP contribution in [0.25, 0.3) is 0 Å². The SMILES string of the molecule is O=C(CN1CCN(S(=O)(=O)c2ccccc2)CC1)N(C1=CCCCC1)C1CC1. The van der Waals surface area contributed by atoms with E-state index < -0.39 is 10.0 Å². The van der Waals surface area contributed by atoms with Gasteiger partial charge in [0, 0.05) is 37.9 Å². The molecule has 0 spiro atoms. The topological polar surface area (TPSA) is 60.9 Å². The first-order chi connectivity index (χ1) is 13.6. The first-order valence-electron chi connectivity index (χ1n) is 10.3. The monoisotopic (exact) mass is 403 g/mol. The predicted octanol–water partition coefficient (Wildman–Crippen LogP) is 2.44. The van der Waals surface area contributed by atoms with Gasteiger partial charge in [-0.25, -0.2) is 8.42 Å². The van der Waals surface area contributed by atoms with Crippen molar-refractivity contribution in [1.29, 1.82) is 0 Å². The van der Waals surface area contributed by atoms with Gasteiger partial charge in [-0.3, -0.25) is 9.69 Å². The van der Waals surface area contributed by atoms with Crippen LogP contribution in [0, 0.1) is 0 Å². The van der Waals surface area contributed by atoms with Crippen molar-refractivity contribution >= 4 is 15.9 Å². The van der Waals surface area contributed by atoms with Crippen molar-refractivity contribution in [3.8, 4) is 0 Å². The molecule has 0 radical (unpaired) electrons. The molecule has 1 heterocycles. The fraction of sp³-hybridized carbons (Fsp3) is 0.571. The second-order valence-corrected chi connectivity index (χ2v) is 9.87. The van der Waals surface area contributed by atoms with Gasteiger partial charge < -0.3 is 4.90 Å². The van der Waals surface area contributed by atoms with Gasteiger partial charge in [-0.05, 0) is 50.7 Å². The van der Waals surface area contributed by atoms with Crippen molar-refractivity contribution in [2.45, 2.75) is 49.5 Å². The molecule has 1 aromatic rings. The highest BCUT2D eigenvalue weighted by Gasteiger charge is 2.36. The van der Waals surface area contributed by atoms with Crippen molar-refractivity contribution in [2.24, 2.45) is 0 Å². The van der Waals surface area contributed by atoms with E-state index in [4.69, 9.17) is 0 Å². The number of nitrogens with zero attached hydrogens (tertiary/aromatic N) is 3. The van der Waals surface area contributed by atoms with E-state index in [1.165, 1.54) is 22.8 Å². The number of piperazine rings is 1. The maximum absolute atomic E-state index is 13.0. The molecule has 0 atom stereocenters. The average molecular weight is 404 g/mol. The van der Waals surface area contributed by atoms with Gasteiger partial charge in [-0.15, -0.1) is 0 Å². The molecule has 1 aliphatic heterocycles. The lowest BCUT2D eigenvalue weighted by atomic mass is 10.0. The molecule has 28 heavy (non-hydrogen) atoms. The minimum Gasteiger partial charge on any atom is -0.312 e. The number of sulfonamides is 1. The van der Waals surface area contributed by atoms with Gasteiger partial charge in [-0.2, -0.15) is 4.31 Å². The molecular weight excluding hydrogens is 374 g/mol. The smallest absolute Gasteiger partial charge is 0.243 e. The number of hydrogen-bond donors (Lipinski definition) is 0. The van der Waals surface area contributed by atoms with Gasteiger partial charge in [0.05, 0.1) is 11.4 Å². The fourth-order valence-corrected chi connectivity index (χ4v) is 5.55. The van der Waals surface area contributed by atoms with Crippen LogP contribution in [-0.2, 0) is 14.8 Å². The largest absolute Gasteiger partial charge is 0.312 e. The van der Waals surface area contributed by atoms with Gasteiger partial charge in [0.15, 0.2) is 0 Å². The summed E-state index contributed by atoms with van der Waals surface area (Å²) in [6.07, 6.45) is 8.90. The van der Waals surface area contributed by atoms with Crippen molar-refractivity contribution in [1.82, 2.24) is 14.1 Å². The molecule has 3 aliphatic rings. The zero-order valence-electron chi connectivity index (χ0n) is 16.3. The average Bonchev–Trinajstić information content (AvgIpc) is 3.55. The lowest BCUT2D eigenvalue weighted by Gasteiger charge is -2.35. The van der Waals surface area contributed by atoms with Crippen molar-refractivity contribution in [2.75, 3.05) is 32.7 Å². The van der Waals surface area contributed by atoms with Crippen LogP contribution in [0.2, 0.25) is 0 Å². The van der Waals surface area contributed by atoms with E-state index in [1.54, 1.807) is 24.3 Å². The van der Waals surface area contributed by atoms with Crippen molar-refractivity contribution < 1.29 is 13.2 Å². The summed E-state index contributed by atoms with van der Waals surface area (Å²) in [5, 5.41) is 0. The molecule has 1 saturated carbocycles. The van der Waals surface area contributed by atoms with Crippen molar-refractivity contribution in [3.63, 3.8) is 0 Å². The number of amides is 1. The summed E-state index contributed by atoms with van der Waals surface area (Å²) >= 11 is 0. The molecule has 2 aliphatic carbocycles. The Morgan fingerprint density at radius 1 is 1.04 bits per heavy atom. The molecule has 1 saturated heterocycles. The Morgan fingerprint density at radius 2 is 1.75 bits per heavy atom. The Morgan fingerprint density at radius 3 is 2.36 bits per heavy atom. The Kier molecular flexibility index (Phi) is 5.85. The summed E-state index contributed by atoms with van der Waals surface area (Å²) in [6.45, 7) is 2.42. The molecule has 7 heteroatoms. The van der Waals surface area contributed by atoms with Crippen LogP contribution in [0.1, 0.15) is 38.5 Å². The molecule has 1 amide bonds. The van der Waals surface area contributed by atoms with Gasteiger partial charge >= 0.3 is 0 Å². The Balaban J connectivity index is 1.35. The molecule has 1 aromatic carbocycles. The molecular formula is C21H29N3O3S. The van der Waals surface area contributed by atoms with Crippen LogP contribution in [0.4, 0.5) is 0 Å². The summed E-state index contributed by atoms with van der Waals surface area (Å²) in [7, 11) is -3.45. The number of carbonyl (C=O) groups excluding carboxylic acids is 1. The van der Waals surface area contributed by atoms with E-state index in [0.717, 1.165) is 25.7 Å². The first kappa shape index (κ1) is 19.6. The third-order valence-corrected chi connectivity index (χ3v) is 7.74. The van der Waals surface area contributed by atoms with Crippen LogP contribution in [-0.4, -0.2) is 67.2 Å². The van der Waals surface area contributed by atoms with E-state index in [2.05, 4.69) is 11.0 Å². The minimum absolute atomic E-state index is 0.176. The van der Waals surface area contributed by atoms with Gasteiger partial charge in [0.2, 0.25) is 15.9 Å². The highest BCUT2D eigenvalue weighted by Crippen LogP contribution is 2.34. The van der Waals surface area contributed by atoms with E-state index in [-0.39, 0.29) is 5.91 Å². The molecule has 6 nitrogen and oxygen atoms in total. The highest BCUT2D eigenvalue weighted by molar-refractivity contribution is 7.89. The van der Waals surface area contributed by atoms with E-state index in [0.29, 0.717) is 43.7 Å². The maximum Gasteiger partial charge on any atom is 0.243 e. The minimum atomic E-state index is -3.45. The van der Waals surface area contributed by atoms with Crippen LogP contribution >= 0.6 is 0 Å². The standard InChI is InChI=1S/C21H29N3O3S/c25-21(24(19-11-12-19)18-7-3-1-4-8-18)17-22-13-15-23(16-14-22)28(26,27)20-9-5-2-6-10-20/h2,5-7,9-10,19H,1,3-4,8,11-17H2. The zero-order chi connectivity index (χ0) is 19.6. The Hall–Kier alpha value is -1.70. The summed E-state index contributed by atoms with van der Waals surface area (Å²) in [5.41, 5.74) is 1.21. The van der Waals surface area contributed by atoms with Crippen LogP contribution < -0.4 is 0 Å². The molecule has 0 bridgehead atoms. The van der Waals surface area contributed by atoms with Crippen molar-refractivity contribution in [3.05, 3.63) is 42.1 Å². The highest BCUT2D eigenvalue weighted by atomic mass is 32.2. The van der Waals surface area contributed by atoms with Crippen LogP contribution in [0.15, 0.2) is 47.0 Å². The normalized spacial score (nSPS) is 21.9. The third-order valence-electron chi connectivity index (χ3n) is 5.83. The molecule has 0 unspecified atom stereocenters. The predicted molar refractivity (Wildman–Crippen MR) is 108 cm³/mol. The third kappa shape index (κ3) is 4.31. The molecule has 2 fully saturated rings. The Bertz CT molecular complexity index is 826. The molecule has 0 N–H and O–H groups in total. The van der Waals surface area contributed by atoms with Gasteiger partial charge in [0.25, 0.3) is 0 Å². The van der Waals surface area contributed by atoms with Crippen LogP contribution in [0.5, 0.6) is 0 Å². The molecule has 4 rings (SSSR count). The number of rotatable bonds is 6.